The van der Waals surface area contributed by atoms with E-state index < -0.39 is 32.8 Å². The van der Waals surface area contributed by atoms with Crippen molar-refractivity contribution in [2.75, 3.05) is 12.4 Å². The number of benzene rings is 3. The molecular weight excluding hydrogens is 456 g/mol. The molecule has 0 spiro atoms. The summed E-state index contributed by atoms with van der Waals surface area (Å²) in [5, 5.41) is 2.69. The van der Waals surface area contributed by atoms with Crippen molar-refractivity contribution in [1.29, 1.82) is 0 Å². The Bertz CT molecular complexity index is 1320. The van der Waals surface area contributed by atoms with Gasteiger partial charge < -0.3 is 10.1 Å². The van der Waals surface area contributed by atoms with E-state index in [0.29, 0.717) is 21.2 Å². The molecule has 0 aromatic heterocycles. The number of carbonyl (C=O) groups is 1. The lowest BCUT2D eigenvalue weighted by molar-refractivity contribution is -0.112. The van der Waals surface area contributed by atoms with Crippen LogP contribution in [0.25, 0.3) is 6.08 Å². The number of methoxy groups -OCH3 is 1. The molecule has 3 aromatic rings. The van der Waals surface area contributed by atoms with Gasteiger partial charge in [0, 0.05) is 10.5 Å². The fourth-order valence-corrected chi connectivity index (χ4v) is 5.45. The molecule has 0 saturated heterocycles. The molecule has 0 radical (unpaired) electrons. The number of amides is 1. The number of halogens is 2. The van der Waals surface area contributed by atoms with Crippen LogP contribution in [-0.4, -0.2) is 21.4 Å². The van der Waals surface area contributed by atoms with E-state index in [9.17, 15) is 22.0 Å². The third-order valence-corrected chi connectivity index (χ3v) is 7.55. The number of hydrogen-bond acceptors (Lipinski definition) is 5. The minimum absolute atomic E-state index is 0.137. The molecule has 1 N–H and O–H groups in total. The van der Waals surface area contributed by atoms with Gasteiger partial charge in [-0.1, -0.05) is 30.0 Å². The molecule has 0 unspecified atom stereocenters. The second-order valence-corrected chi connectivity index (χ2v) is 10.0. The van der Waals surface area contributed by atoms with Crippen molar-refractivity contribution in [2.24, 2.45) is 0 Å². The quantitative estimate of drug-likeness (QED) is 0.526. The molecule has 0 bridgehead atoms. The Balaban J connectivity index is 1.60. The third kappa shape index (κ3) is 4.53. The van der Waals surface area contributed by atoms with Crippen molar-refractivity contribution in [1.82, 2.24) is 0 Å². The van der Waals surface area contributed by atoms with Gasteiger partial charge in [-0.3, -0.25) is 4.79 Å². The van der Waals surface area contributed by atoms with Crippen LogP contribution in [0.2, 0.25) is 0 Å². The van der Waals surface area contributed by atoms with Crippen LogP contribution in [0.5, 0.6) is 5.75 Å². The highest BCUT2D eigenvalue weighted by atomic mass is 32.2. The Morgan fingerprint density at radius 3 is 2.38 bits per heavy atom. The van der Waals surface area contributed by atoms with Crippen molar-refractivity contribution < 1.29 is 26.7 Å². The van der Waals surface area contributed by atoms with Crippen LogP contribution in [0.1, 0.15) is 11.1 Å². The Kier molecular flexibility index (Phi) is 6.03. The number of fused-ring (bicyclic) bond motifs is 1. The van der Waals surface area contributed by atoms with E-state index in [1.165, 1.54) is 30.0 Å². The smallest absolute Gasteiger partial charge is 0.262 e. The average molecular weight is 474 g/mol. The number of rotatable bonds is 5. The molecule has 5 nitrogen and oxygen atoms in total. The topological polar surface area (TPSA) is 72.5 Å². The molecule has 164 valence electrons. The molecule has 0 atom stereocenters. The predicted molar refractivity (Wildman–Crippen MR) is 119 cm³/mol. The van der Waals surface area contributed by atoms with Gasteiger partial charge >= 0.3 is 0 Å². The second-order valence-electron chi connectivity index (χ2n) is 6.96. The van der Waals surface area contributed by atoms with Gasteiger partial charge in [0.25, 0.3) is 5.91 Å². The molecule has 1 aliphatic rings. The number of nitrogens with one attached hydrogen (secondary N) is 1. The minimum atomic E-state index is -4.05. The summed E-state index contributed by atoms with van der Waals surface area (Å²) in [6.07, 6.45) is 1.72. The first-order valence-corrected chi connectivity index (χ1v) is 11.9. The summed E-state index contributed by atoms with van der Waals surface area (Å²) in [6, 6.07) is 14.6. The fraction of sp³-hybridized carbons (Fsp3) is 0.0870. The third-order valence-electron chi connectivity index (χ3n) is 4.81. The van der Waals surface area contributed by atoms with Crippen molar-refractivity contribution in [3.8, 4) is 5.75 Å². The number of anilines is 1. The first-order chi connectivity index (χ1) is 15.3. The zero-order valence-electron chi connectivity index (χ0n) is 16.8. The normalized spacial score (nSPS) is 14.7. The van der Waals surface area contributed by atoms with Crippen LogP contribution in [0.4, 0.5) is 14.5 Å². The summed E-state index contributed by atoms with van der Waals surface area (Å²) in [7, 11) is -2.48. The van der Waals surface area contributed by atoms with Crippen molar-refractivity contribution in [3.05, 3.63) is 88.3 Å². The number of hydrogen-bond donors (Lipinski definition) is 1. The van der Waals surface area contributed by atoms with E-state index in [1.54, 1.807) is 31.4 Å². The second kappa shape index (κ2) is 8.76. The van der Waals surface area contributed by atoms with Crippen molar-refractivity contribution in [3.63, 3.8) is 0 Å². The van der Waals surface area contributed by atoms with Gasteiger partial charge in [0.05, 0.1) is 28.4 Å². The van der Waals surface area contributed by atoms with Crippen LogP contribution in [0.3, 0.4) is 0 Å². The molecule has 4 rings (SSSR count). The molecule has 1 heterocycles. The summed E-state index contributed by atoms with van der Waals surface area (Å²) < 4.78 is 58.4. The van der Waals surface area contributed by atoms with E-state index in [0.717, 1.165) is 17.7 Å². The van der Waals surface area contributed by atoms with E-state index in [-0.39, 0.29) is 10.8 Å². The fourth-order valence-electron chi connectivity index (χ4n) is 3.13. The maximum Gasteiger partial charge on any atom is 0.262 e. The van der Waals surface area contributed by atoms with Gasteiger partial charge in [0.15, 0.2) is 9.84 Å². The highest BCUT2D eigenvalue weighted by molar-refractivity contribution is 8.04. The van der Waals surface area contributed by atoms with Gasteiger partial charge in [-0.15, -0.1) is 0 Å². The Hall–Kier alpha value is -3.17. The van der Waals surface area contributed by atoms with Crippen LogP contribution < -0.4 is 10.1 Å². The lowest BCUT2D eigenvalue weighted by Crippen LogP contribution is -2.18. The van der Waals surface area contributed by atoms with E-state index in [4.69, 9.17) is 4.74 Å². The molecule has 0 aliphatic carbocycles. The van der Waals surface area contributed by atoms with Crippen LogP contribution in [-0.2, 0) is 20.4 Å². The Labute approximate surface area is 188 Å². The van der Waals surface area contributed by atoms with Crippen molar-refractivity contribution >= 4 is 39.3 Å². The number of ether oxygens (including phenoxy) is 1. The zero-order valence-corrected chi connectivity index (χ0v) is 18.4. The van der Waals surface area contributed by atoms with Crippen LogP contribution in [0.15, 0.2) is 75.4 Å². The summed E-state index contributed by atoms with van der Waals surface area (Å²) >= 11 is 1.20. The molecule has 0 saturated carbocycles. The number of sulfone groups is 1. The lowest BCUT2D eigenvalue weighted by Gasteiger charge is -2.19. The molecule has 9 heteroatoms. The predicted octanol–water partition coefficient (Wildman–Crippen LogP) is 5.03. The largest absolute Gasteiger partial charge is 0.497 e. The first kappa shape index (κ1) is 22.0. The maximum absolute atomic E-state index is 13.9. The van der Waals surface area contributed by atoms with E-state index in [1.807, 2.05) is 12.1 Å². The lowest BCUT2D eigenvalue weighted by atomic mass is 10.2. The van der Waals surface area contributed by atoms with Gasteiger partial charge in [0.1, 0.15) is 17.4 Å². The molecule has 32 heavy (non-hydrogen) atoms. The van der Waals surface area contributed by atoms with E-state index >= 15 is 0 Å². The Morgan fingerprint density at radius 1 is 1.03 bits per heavy atom. The molecule has 1 amide bonds. The summed E-state index contributed by atoms with van der Waals surface area (Å²) in [4.78, 5) is 13.5. The monoisotopic (exact) mass is 473 g/mol. The van der Waals surface area contributed by atoms with Gasteiger partial charge in [0.2, 0.25) is 0 Å². The van der Waals surface area contributed by atoms with Crippen molar-refractivity contribution in [2.45, 2.75) is 15.5 Å². The zero-order chi connectivity index (χ0) is 22.9. The van der Waals surface area contributed by atoms with Crippen LogP contribution >= 0.6 is 11.8 Å². The Morgan fingerprint density at radius 2 is 1.72 bits per heavy atom. The first-order valence-electron chi connectivity index (χ1n) is 9.41. The highest BCUT2D eigenvalue weighted by Crippen LogP contribution is 2.40. The number of carbonyl (C=O) groups excluding carboxylic acids is 1. The highest BCUT2D eigenvalue weighted by Gasteiger charge is 2.25. The van der Waals surface area contributed by atoms with Gasteiger partial charge in [-0.05, 0) is 54.1 Å². The summed E-state index contributed by atoms with van der Waals surface area (Å²) in [5.74, 6) is -2.36. The van der Waals surface area contributed by atoms with Crippen LogP contribution in [0, 0.1) is 11.6 Å². The minimum Gasteiger partial charge on any atom is -0.497 e. The van der Waals surface area contributed by atoms with Gasteiger partial charge in [-0.25, -0.2) is 17.2 Å². The standard InChI is InChI=1S/C23H17F2NO4S2/c1-30-15-7-5-14(6-8-15)11-22-23(27)26-20-12-16(9-10-21(20)31-22)32(28,29)13-17-18(24)3-2-4-19(17)25/h2-12H,13H2,1H3,(H,26,27)/b22-11-. The summed E-state index contributed by atoms with van der Waals surface area (Å²) in [5.41, 5.74) is 0.605. The van der Waals surface area contributed by atoms with Gasteiger partial charge in [-0.2, -0.15) is 0 Å². The summed E-state index contributed by atoms with van der Waals surface area (Å²) in [6.45, 7) is 0. The maximum atomic E-state index is 13.9. The SMILES string of the molecule is COc1ccc(/C=C2\Sc3ccc(S(=O)(=O)Cc4c(F)cccc4F)cc3NC2=O)cc1. The molecule has 0 fully saturated rings. The number of thioether (sulfide) groups is 1. The average Bonchev–Trinajstić information content (AvgIpc) is 2.77. The molecule has 1 aliphatic heterocycles. The molecular formula is C23H17F2NO4S2. The van der Waals surface area contributed by atoms with E-state index in [2.05, 4.69) is 5.32 Å². The molecule has 3 aromatic carbocycles.